The average molecular weight is 483 g/mol. The lowest BCUT2D eigenvalue weighted by molar-refractivity contribution is -0.144. The SMILES string of the molecule is CCCCCCCCCCOC(=O)CN1C(=O)c2c(Cl)c(Cl)c(Cl)c(Cl)c2C1=O. The maximum absolute atomic E-state index is 12.6. The number of hydrogen-bond donors (Lipinski definition) is 0. The molecule has 1 aromatic rings. The predicted octanol–water partition coefficient (Wildman–Crippen LogP) is 6.58. The first-order valence-electron chi connectivity index (χ1n) is 9.69. The minimum absolute atomic E-state index is 0.114. The molecule has 5 nitrogen and oxygen atoms in total. The molecule has 0 N–H and O–H groups in total. The van der Waals surface area contributed by atoms with Gasteiger partial charge in [0.05, 0.1) is 37.8 Å². The first-order chi connectivity index (χ1) is 13.8. The molecule has 0 radical (unpaired) electrons. The Balaban J connectivity index is 1.83. The van der Waals surface area contributed by atoms with E-state index in [-0.39, 0.29) is 37.8 Å². The Kier molecular flexibility index (Phi) is 9.54. The molecule has 1 aliphatic rings. The maximum atomic E-state index is 12.6. The molecule has 0 unspecified atom stereocenters. The van der Waals surface area contributed by atoms with Crippen LogP contribution in [0, 0.1) is 0 Å². The third kappa shape index (κ3) is 5.78. The number of esters is 1. The zero-order valence-corrected chi connectivity index (χ0v) is 19.2. The Labute approximate surface area is 190 Å². The highest BCUT2D eigenvalue weighted by Gasteiger charge is 2.42. The minimum atomic E-state index is -0.750. The van der Waals surface area contributed by atoms with Crippen molar-refractivity contribution in [3.8, 4) is 0 Å². The van der Waals surface area contributed by atoms with Gasteiger partial charge in [-0.3, -0.25) is 19.3 Å². The fourth-order valence-corrected chi connectivity index (χ4v) is 4.15. The number of carbonyl (C=O) groups is 3. The third-order valence-electron chi connectivity index (χ3n) is 4.73. The van der Waals surface area contributed by atoms with Gasteiger partial charge in [0.25, 0.3) is 11.8 Å². The zero-order chi connectivity index (χ0) is 21.6. The lowest BCUT2D eigenvalue weighted by atomic mass is 10.1. The lowest BCUT2D eigenvalue weighted by Crippen LogP contribution is -2.35. The van der Waals surface area contributed by atoms with Crippen molar-refractivity contribution in [3.05, 3.63) is 31.2 Å². The van der Waals surface area contributed by atoms with Crippen LogP contribution in [0.15, 0.2) is 0 Å². The molecule has 160 valence electrons. The standard InChI is InChI=1S/C20H23Cl4NO4/c1-2-3-4-5-6-7-8-9-10-29-12(26)11-25-19(27)13-14(20(25)28)16(22)18(24)17(23)15(13)21/h2-11H2,1H3. The third-order valence-corrected chi connectivity index (χ3v) is 6.54. The molecule has 1 aromatic carbocycles. The van der Waals surface area contributed by atoms with Crippen molar-refractivity contribution in [2.75, 3.05) is 13.2 Å². The van der Waals surface area contributed by atoms with E-state index < -0.39 is 24.3 Å². The highest BCUT2D eigenvalue weighted by atomic mass is 35.5. The number of rotatable bonds is 11. The van der Waals surface area contributed by atoms with E-state index in [0.717, 1.165) is 24.2 Å². The van der Waals surface area contributed by atoms with E-state index in [0.29, 0.717) is 0 Å². The molecule has 2 rings (SSSR count). The Morgan fingerprint density at radius 1 is 0.759 bits per heavy atom. The van der Waals surface area contributed by atoms with Gasteiger partial charge >= 0.3 is 5.97 Å². The molecule has 9 heteroatoms. The summed E-state index contributed by atoms with van der Waals surface area (Å²) in [6.45, 7) is 1.91. The Morgan fingerprint density at radius 3 is 1.69 bits per heavy atom. The highest BCUT2D eigenvalue weighted by Crippen LogP contribution is 2.44. The first-order valence-corrected chi connectivity index (χ1v) is 11.2. The van der Waals surface area contributed by atoms with E-state index in [9.17, 15) is 14.4 Å². The maximum Gasteiger partial charge on any atom is 0.326 e. The second-order valence-electron chi connectivity index (χ2n) is 6.90. The summed E-state index contributed by atoms with van der Waals surface area (Å²) in [5.41, 5.74) is -0.293. The second-order valence-corrected chi connectivity index (χ2v) is 8.41. The van der Waals surface area contributed by atoms with Crippen molar-refractivity contribution >= 4 is 64.2 Å². The van der Waals surface area contributed by atoms with E-state index in [2.05, 4.69) is 6.92 Å². The Bertz CT molecular complexity index is 750. The average Bonchev–Trinajstić information content (AvgIpc) is 2.94. The number of halogens is 4. The molecule has 0 bridgehead atoms. The smallest absolute Gasteiger partial charge is 0.326 e. The number of nitrogens with zero attached hydrogens (tertiary/aromatic N) is 1. The summed E-state index contributed by atoms with van der Waals surface area (Å²) >= 11 is 24.0. The number of hydrogen-bond acceptors (Lipinski definition) is 4. The number of unbranched alkanes of at least 4 members (excludes halogenated alkanes) is 7. The molecule has 0 fully saturated rings. The monoisotopic (exact) mass is 481 g/mol. The van der Waals surface area contributed by atoms with Crippen molar-refractivity contribution in [2.45, 2.75) is 58.3 Å². The van der Waals surface area contributed by atoms with Gasteiger partial charge in [0.1, 0.15) is 6.54 Å². The summed E-state index contributed by atoms with van der Waals surface area (Å²) in [6, 6.07) is 0. The summed E-state index contributed by atoms with van der Waals surface area (Å²) in [5.74, 6) is -2.18. The summed E-state index contributed by atoms with van der Waals surface area (Å²) < 4.78 is 5.15. The van der Waals surface area contributed by atoms with Crippen LogP contribution < -0.4 is 0 Å². The van der Waals surface area contributed by atoms with E-state index in [4.69, 9.17) is 51.1 Å². The molecule has 0 aromatic heterocycles. The number of benzene rings is 1. The van der Waals surface area contributed by atoms with Gasteiger partial charge in [0.2, 0.25) is 0 Å². The normalized spacial score (nSPS) is 13.2. The van der Waals surface area contributed by atoms with Crippen LogP contribution in [0.4, 0.5) is 0 Å². The largest absolute Gasteiger partial charge is 0.464 e. The van der Waals surface area contributed by atoms with Crippen molar-refractivity contribution in [1.82, 2.24) is 4.90 Å². The van der Waals surface area contributed by atoms with E-state index in [1.165, 1.54) is 32.1 Å². The molecule has 0 spiro atoms. The Morgan fingerprint density at radius 2 is 1.21 bits per heavy atom. The Hall–Kier alpha value is -1.01. The van der Waals surface area contributed by atoms with Gasteiger partial charge in [-0.1, -0.05) is 98.3 Å². The fraction of sp³-hybridized carbons (Fsp3) is 0.550. The zero-order valence-electron chi connectivity index (χ0n) is 16.2. The molecule has 0 atom stereocenters. The topological polar surface area (TPSA) is 63.7 Å². The number of amides is 2. The number of fused-ring (bicyclic) bond motifs is 1. The second kappa shape index (κ2) is 11.4. The summed E-state index contributed by atoms with van der Waals surface area (Å²) in [7, 11) is 0. The number of imide groups is 1. The van der Waals surface area contributed by atoms with E-state index in [1.807, 2.05) is 0 Å². The van der Waals surface area contributed by atoms with Crippen LogP contribution in [0.1, 0.15) is 79.0 Å². The molecule has 29 heavy (non-hydrogen) atoms. The number of carbonyl (C=O) groups excluding carboxylic acids is 3. The van der Waals surface area contributed by atoms with Gasteiger partial charge in [-0.05, 0) is 6.42 Å². The van der Waals surface area contributed by atoms with Crippen LogP contribution in [-0.2, 0) is 9.53 Å². The van der Waals surface area contributed by atoms with Crippen molar-refractivity contribution < 1.29 is 19.1 Å². The first kappa shape index (κ1) is 24.3. The van der Waals surface area contributed by atoms with Crippen LogP contribution in [0.3, 0.4) is 0 Å². The minimum Gasteiger partial charge on any atom is -0.464 e. The van der Waals surface area contributed by atoms with Gasteiger partial charge in [-0.25, -0.2) is 0 Å². The lowest BCUT2D eigenvalue weighted by Gasteiger charge is -2.13. The van der Waals surface area contributed by atoms with Crippen LogP contribution in [0.5, 0.6) is 0 Å². The molecule has 1 aliphatic heterocycles. The molecule has 2 amide bonds. The highest BCUT2D eigenvalue weighted by molar-refractivity contribution is 6.55. The van der Waals surface area contributed by atoms with Crippen LogP contribution in [-0.4, -0.2) is 35.8 Å². The van der Waals surface area contributed by atoms with E-state index >= 15 is 0 Å². The molecule has 0 aliphatic carbocycles. The van der Waals surface area contributed by atoms with Crippen molar-refractivity contribution in [1.29, 1.82) is 0 Å². The van der Waals surface area contributed by atoms with Crippen LogP contribution in [0.2, 0.25) is 20.1 Å². The van der Waals surface area contributed by atoms with Gasteiger partial charge in [-0.2, -0.15) is 0 Å². The fourth-order valence-electron chi connectivity index (χ4n) is 3.14. The van der Waals surface area contributed by atoms with E-state index in [1.54, 1.807) is 0 Å². The van der Waals surface area contributed by atoms with Crippen molar-refractivity contribution in [2.24, 2.45) is 0 Å². The quantitative estimate of drug-likeness (QED) is 0.117. The van der Waals surface area contributed by atoms with Gasteiger partial charge in [-0.15, -0.1) is 0 Å². The summed E-state index contributed by atoms with van der Waals surface area (Å²) in [5, 5.41) is -0.553. The molecular formula is C20H23Cl4NO4. The molecule has 0 saturated carbocycles. The van der Waals surface area contributed by atoms with Gasteiger partial charge < -0.3 is 4.74 Å². The van der Waals surface area contributed by atoms with Crippen molar-refractivity contribution in [3.63, 3.8) is 0 Å². The van der Waals surface area contributed by atoms with Gasteiger partial charge in [0.15, 0.2) is 0 Å². The number of ether oxygens (including phenoxy) is 1. The molecule has 0 saturated heterocycles. The predicted molar refractivity (Wildman–Crippen MR) is 115 cm³/mol. The molecular weight excluding hydrogens is 460 g/mol. The van der Waals surface area contributed by atoms with Gasteiger partial charge in [0, 0.05) is 0 Å². The molecule has 1 heterocycles. The summed E-state index contributed by atoms with van der Waals surface area (Å²) in [4.78, 5) is 37.9. The van der Waals surface area contributed by atoms with Crippen LogP contribution >= 0.6 is 46.4 Å². The summed E-state index contributed by atoms with van der Waals surface area (Å²) in [6.07, 6.45) is 8.96. The van der Waals surface area contributed by atoms with Crippen LogP contribution in [0.25, 0.3) is 0 Å².